The molecule has 1 aromatic carbocycles. The lowest BCUT2D eigenvalue weighted by Gasteiger charge is -1.98. The lowest BCUT2D eigenvalue weighted by Crippen LogP contribution is -2.24. The van der Waals surface area contributed by atoms with E-state index in [2.05, 4.69) is 0 Å². The van der Waals surface area contributed by atoms with Crippen LogP contribution < -0.4 is 5.11 Å². The smallest absolute Gasteiger partial charge is 0.134 e. The fraction of sp³-hybridized carbons (Fsp3) is 0.182. The average molecular weight is 189 g/mol. The Balaban J connectivity index is 2.52. The first-order valence-corrected chi connectivity index (χ1v) is 4.33. The predicted octanol–water partition coefficient (Wildman–Crippen LogP) is 1.03. The van der Waals surface area contributed by atoms with Crippen LogP contribution in [0.2, 0.25) is 0 Å². The normalized spacial score (nSPS) is 10.6. The van der Waals surface area contributed by atoms with Crippen LogP contribution in [-0.4, -0.2) is 5.97 Å². The fourth-order valence-corrected chi connectivity index (χ4v) is 1.48. The summed E-state index contributed by atoms with van der Waals surface area (Å²) in [5.41, 5.74) is 2.48. The second kappa shape index (κ2) is 3.18. The summed E-state index contributed by atoms with van der Waals surface area (Å²) >= 11 is 0. The molecule has 0 bridgehead atoms. The number of carbonyl (C=O) groups is 1. The minimum Gasteiger partial charge on any atom is -0.550 e. The number of hydrogen-bond donors (Lipinski definition) is 0. The third-order valence-corrected chi connectivity index (χ3v) is 2.15. The Kier molecular flexibility index (Phi) is 2.00. The van der Waals surface area contributed by atoms with Gasteiger partial charge in [0.2, 0.25) is 0 Å². The molecule has 14 heavy (non-hydrogen) atoms. The highest BCUT2D eigenvalue weighted by Crippen LogP contribution is 2.22. The largest absolute Gasteiger partial charge is 0.550 e. The monoisotopic (exact) mass is 189 g/mol. The van der Waals surface area contributed by atoms with Crippen LogP contribution in [0.15, 0.2) is 28.9 Å². The fourth-order valence-electron chi connectivity index (χ4n) is 1.48. The van der Waals surface area contributed by atoms with Crippen molar-refractivity contribution in [1.29, 1.82) is 0 Å². The van der Waals surface area contributed by atoms with Gasteiger partial charge in [-0.15, -0.1) is 0 Å². The topological polar surface area (TPSA) is 53.3 Å². The molecular weight excluding hydrogens is 180 g/mol. The molecule has 0 unspecified atom stereocenters. The van der Waals surface area contributed by atoms with Crippen LogP contribution in [0.5, 0.6) is 0 Å². The molecule has 72 valence electrons. The standard InChI is InChI=1S/C11H10O3/c1-7-2-3-9-8(5-11(12)13)6-14-10(9)4-7/h2-4,6H,5H2,1H3,(H,12,13)/p-1. The summed E-state index contributed by atoms with van der Waals surface area (Å²) in [6.45, 7) is 1.96. The average Bonchev–Trinajstić information content (AvgIpc) is 2.47. The second-order valence-electron chi connectivity index (χ2n) is 3.31. The molecule has 1 heterocycles. The van der Waals surface area contributed by atoms with Gasteiger partial charge in [-0.25, -0.2) is 0 Å². The van der Waals surface area contributed by atoms with E-state index >= 15 is 0 Å². The first-order valence-electron chi connectivity index (χ1n) is 4.33. The SMILES string of the molecule is Cc1ccc2c(CC(=O)[O-])coc2c1. The van der Waals surface area contributed by atoms with Crippen molar-refractivity contribution in [3.8, 4) is 0 Å². The van der Waals surface area contributed by atoms with Crippen molar-refractivity contribution >= 4 is 16.9 Å². The molecular formula is C11H9O3-. The van der Waals surface area contributed by atoms with Gasteiger partial charge >= 0.3 is 0 Å². The van der Waals surface area contributed by atoms with Gasteiger partial charge in [-0.3, -0.25) is 0 Å². The quantitative estimate of drug-likeness (QED) is 0.709. The maximum Gasteiger partial charge on any atom is 0.134 e. The van der Waals surface area contributed by atoms with Gasteiger partial charge in [0, 0.05) is 23.3 Å². The summed E-state index contributed by atoms with van der Waals surface area (Å²) in [6.07, 6.45) is 1.37. The van der Waals surface area contributed by atoms with Crippen molar-refractivity contribution in [1.82, 2.24) is 0 Å². The van der Waals surface area contributed by atoms with E-state index < -0.39 is 5.97 Å². The molecule has 0 aliphatic rings. The third-order valence-electron chi connectivity index (χ3n) is 2.15. The van der Waals surface area contributed by atoms with E-state index in [0.717, 1.165) is 16.5 Å². The van der Waals surface area contributed by atoms with Crippen LogP contribution in [0.1, 0.15) is 11.1 Å². The van der Waals surface area contributed by atoms with E-state index in [-0.39, 0.29) is 6.42 Å². The lowest BCUT2D eigenvalue weighted by molar-refractivity contribution is -0.304. The molecule has 0 saturated heterocycles. The van der Waals surface area contributed by atoms with Crippen molar-refractivity contribution in [3.63, 3.8) is 0 Å². The van der Waals surface area contributed by atoms with Gasteiger partial charge in [0.05, 0.1) is 6.26 Å². The summed E-state index contributed by atoms with van der Waals surface area (Å²) in [6, 6.07) is 5.68. The zero-order valence-corrected chi connectivity index (χ0v) is 7.74. The van der Waals surface area contributed by atoms with Gasteiger partial charge < -0.3 is 14.3 Å². The number of furan rings is 1. The molecule has 2 rings (SSSR count). The molecule has 3 nitrogen and oxygen atoms in total. The lowest BCUT2D eigenvalue weighted by atomic mass is 10.1. The van der Waals surface area contributed by atoms with Crippen LogP contribution in [0.4, 0.5) is 0 Å². The third kappa shape index (κ3) is 1.48. The van der Waals surface area contributed by atoms with Crippen LogP contribution in [0.3, 0.4) is 0 Å². The highest BCUT2D eigenvalue weighted by Gasteiger charge is 2.05. The Hall–Kier alpha value is -1.77. The molecule has 0 N–H and O–H groups in total. The minimum absolute atomic E-state index is 0.101. The number of rotatable bonds is 2. The van der Waals surface area contributed by atoms with Crippen LogP contribution >= 0.6 is 0 Å². The molecule has 0 fully saturated rings. The summed E-state index contributed by atoms with van der Waals surface area (Å²) < 4.78 is 5.24. The van der Waals surface area contributed by atoms with E-state index in [0.29, 0.717) is 5.56 Å². The molecule has 1 aromatic heterocycles. The van der Waals surface area contributed by atoms with E-state index in [1.807, 2.05) is 25.1 Å². The molecule has 0 amide bonds. The van der Waals surface area contributed by atoms with Gasteiger partial charge in [-0.2, -0.15) is 0 Å². The van der Waals surface area contributed by atoms with Crippen LogP contribution in [0, 0.1) is 6.92 Å². The number of hydrogen-bond acceptors (Lipinski definition) is 3. The Labute approximate surface area is 81.0 Å². The first-order chi connectivity index (χ1) is 6.66. The molecule has 0 aliphatic carbocycles. The molecule has 2 aromatic rings. The predicted molar refractivity (Wildman–Crippen MR) is 49.7 cm³/mol. The number of carboxylic acid groups (broad SMARTS) is 1. The maximum absolute atomic E-state index is 10.4. The van der Waals surface area contributed by atoms with Crippen molar-refractivity contribution in [2.75, 3.05) is 0 Å². The summed E-state index contributed by atoms with van der Waals surface area (Å²) in [7, 11) is 0. The zero-order valence-electron chi connectivity index (χ0n) is 7.74. The first kappa shape index (κ1) is 8.81. The highest BCUT2D eigenvalue weighted by atomic mass is 16.4. The van der Waals surface area contributed by atoms with Gasteiger partial charge in [0.15, 0.2) is 0 Å². The number of aliphatic carboxylic acids is 1. The number of carbonyl (C=O) groups excluding carboxylic acids is 1. The van der Waals surface area contributed by atoms with Gasteiger partial charge in [-0.05, 0) is 18.6 Å². The zero-order chi connectivity index (χ0) is 10.1. The maximum atomic E-state index is 10.4. The van der Waals surface area contributed by atoms with Crippen molar-refractivity contribution in [3.05, 3.63) is 35.6 Å². The molecule has 0 atom stereocenters. The molecule has 0 radical (unpaired) electrons. The van der Waals surface area contributed by atoms with Crippen molar-refractivity contribution in [2.24, 2.45) is 0 Å². The number of fused-ring (bicyclic) bond motifs is 1. The number of carboxylic acids is 1. The van der Waals surface area contributed by atoms with E-state index in [1.165, 1.54) is 6.26 Å². The minimum atomic E-state index is -1.09. The van der Waals surface area contributed by atoms with E-state index in [1.54, 1.807) is 0 Å². The van der Waals surface area contributed by atoms with Gasteiger partial charge in [0.25, 0.3) is 0 Å². The summed E-state index contributed by atoms with van der Waals surface area (Å²) in [5, 5.41) is 11.3. The Morgan fingerprint density at radius 3 is 3.00 bits per heavy atom. The van der Waals surface area contributed by atoms with Crippen LogP contribution in [-0.2, 0) is 11.2 Å². The molecule has 0 saturated carbocycles. The van der Waals surface area contributed by atoms with Crippen molar-refractivity contribution in [2.45, 2.75) is 13.3 Å². The molecule has 0 aliphatic heterocycles. The second-order valence-corrected chi connectivity index (χ2v) is 3.31. The van der Waals surface area contributed by atoms with Gasteiger partial charge in [-0.1, -0.05) is 12.1 Å². The van der Waals surface area contributed by atoms with Gasteiger partial charge in [0.1, 0.15) is 5.58 Å². The Bertz CT molecular complexity index is 482. The molecule has 0 spiro atoms. The molecule has 3 heteroatoms. The van der Waals surface area contributed by atoms with E-state index in [9.17, 15) is 9.90 Å². The highest BCUT2D eigenvalue weighted by molar-refractivity contribution is 5.85. The summed E-state index contributed by atoms with van der Waals surface area (Å²) in [4.78, 5) is 10.4. The number of aryl methyl sites for hydroxylation is 1. The van der Waals surface area contributed by atoms with Crippen molar-refractivity contribution < 1.29 is 14.3 Å². The number of benzene rings is 1. The summed E-state index contributed by atoms with van der Waals surface area (Å²) in [5.74, 6) is -1.09. The van der Waals surface area contributed by atoms with Crippen LogP contribution in [0.25, 0.3) is 11.0 Å². The Morgan fingerprint density at radius 2 is 2.29 bits per heavy atom. The van der Waals surface area contributed by atoms with E-state index in [4.69, 9.17) is 4.42 Å². The Morgan fingerprint density at radius 1 is 1.50 bits per heavy atom.